The molecule has 2 amide bonds. The van der Waals surface area contributed by atoms with Gasteiger partial charge in [0.2, 0.25) is 11.8 Å². The van der Waals surface area contributed by atoms with Crippen LogP contribution in [-0.4, -0.2) is 64.6 Å². The van der Waals surface area contributed by atoms with Gasteiger partial charge in [-0.15, -0.1) is 0 Å². The number of anilines is 2. The second kappa shape index (κ2) is 17.8. The molecule has 4 aliphatic carbocycles. The van der Waals surface area contributed by atoms with Gasteiger partial charge in [-0.05, 0) is 147 Å². The van der Waals surface area contributed by atoms with Crippen LogP contribution in [0.15, 0.2) is 95.5 Å². The van der Waals surface area contributed by atoms with Crippen LogP contribution in [0.2, 0.25) is 0 Å². The Hall–Kier alpha value is -6.31. The van der Waals surface area contributed by atoms with Crippen molar-refractivity contribution in [2.24, 2.45) is 17.0 Å². The van der Waals surface area contributed by atoms with Gasteiger partial charge in [0.25, 0.3) is 20.0 Å². The molecule has 2 fully saturated rings. The molecule has 17 nitrogen and oxygen atoms in total. The van der Waals surface area contributed by atoms with Crippen molar-refractivity contribution in [1.29, 1.82) is 0 Å². The van der Waals surface area contributed by atoms with Gasteiger partial charge >= 0.3 is 6.03 Å². The maximum atomic E-state index is 12.9. The summed E-state index contributed by atoms with van der Waals surface area (Å²) in [5.41, 5.74) is 16.5. The summed E-state index contributed by atoms with van der Waals surface area (Å²) in [7, 11) is -7.89. The number of pyridine rings is 2. The van der Waals surface area contributed by atoms with E-state index >= 15 is 0 Å². The number of ether oxygens (including phenoxy) is 2. The maximum Gasteiger partial charge on any atom is 0.333 e. The van der Waals surface area contributed by atoms with Gasteiger partial charge in [-0.1, -0.05) is 24.3 Å². The number of amides is 2. The highest BCUT2D eigenvalue weighted by Gasteiger charge is 2.31. The van der Waals surface area contributed by atoms with Crippen molar-refractivity contribution >= 4 is 37.5 Å². The number of hydrogen-bond acceptors (Lipinski definition) is 12. The van der Waals surface area contributed by atoms with Crippen molar-refractivity contribution in [2.75, 3.05) is 11.1 Å². The highest BCUT2D eigenvalue weighted by atomic mass is 32.2. The zero-order valence-electron chi connectivity index (χ0n) is 36.3. The summed E-state index contributed by atoms with van der Waals surface area (Å²) < 4.78 is 66.4. The van der Waals surface area contributed by atoms with E-state index in [0.717, 1.165) is 110 Å². The number of carbonyl (C=O) groups is 1. The van der Waals surface area contributed by atoms with Crippen LogP contribution in [0.4, 0.5) is 16.2 Å². The predicted molar refractivity (Wildman–Crippen MR) is 246 cm³/mol. The molecule has 6 bridgehead atoms. The molecule has 0 spiro atoms. The summed E-state index contributed by atoms with van der Waals surface area (Å²) in [5, 5.41) is 16.0. The molecule has 0 radical (unpaired) electrons. The largest absolute Gasteiger partial charge is 0.474 e. The number of benzene rings is 2. The lowest BCUT2D eigenvalue weighted by molar-refractivity contribution is 0.193. The molecule has 0 saturated heterocycles. The molecule has 5 heterocycles. The average molecular weight is 933 g/mol. The first-order valence-electron chi connectivity index (χ1n) is 22.6. The third-order valence-electron chi connectivity index (χ3n) is 13.4. The van der Waals surface area contributed by atoms with Crippen LogP contribution in [0.5, 0.6) is 11.8 Å². The third kappa shape index (κ3) is 9.37. The lowest BCUT2D eigenvalue weighted by Gasteiger charge is -2.18. The van der Waals surface area contributed by atoms with Crippen molar-refractivity contribution in [2.45, 2.75) is 112 Å². The number of nitrogens with zero attached hydrogens (tertiary/aromatic N) is 6. The zero-order valence-corrected chi connectivity index (χ0v) is 37.9. The number of urea groups is 1. The van der Waals surface area contributed by atoms with Gasteiger partial charge < -0.3 is 20.5 Å². The van der Waals surface area contributed by atoms with Crippen molar-refractivity contribution in [3.63, 3.8) is 0 Å². The van der Waals surface area contributed by atoms with Crippen molar-refractivity contribution in [1.82, 2.24) is 34.3 Å². The number of carbonyl (C=O) groups excluding carboxylic acids is 1. The van der Waals surface area contributed by atoms with Crippen LogP contribution in [0.25, 0.3) is 22.3 Å². The van der Waals surface area contributed by atoms with Gasteiger partial charge in [0, 0.05) is 66.8 Å². The second-order valence-corrected chi connectivity index (χ2v) is 21.1. The molecule has 4 unspecified atom stereocenters. The molecule has 66 heavy (non-hydrogen) atoms. The fraction of sp³-hybridized carbons (Fsp3) is 0.383. The zero-order chi connectivity index (χ0) is 45.6. The van der Waals surface area contributed by atoms with Gasteiger partial charge in [0.15, 0.2) is 10.1 Å². The Balaban J connectivity index is 0.000000155. The summed E-state index contributed by atoms with van der Waals surface area (Å²) in [6.45, 7) is 1.22. The lowest BCUT2D eigenvalue weighted by atomic mass is 9.98. The normalized spacial score (nSPS) is 21.8. The molecule has 4 atom stereocenters. The molecular weight excluding hydrogens is 881 g/mol. The Morgan fingerprint density at radius 1 is 0.818 bits per heavy atom. The van der Waals surface area contributed by atoms with E-state index in [-0.39, 0.29) is 22.3 Å². The van der Waals surface area contributed by atoms with Gasteiger partial charge in [0.05, 0.1) is 5.69 Å². The van der Waals surface area contributed by atoms with Gasteiger partial charge in [-0.25, -0.2) is 33.0 Å². The number of nitrogens with one attached hydrogen (secondary N) is 2. The molecule has 2 saturated carbocycles. The molecule has 19 heteroatoms. The van der Waals surface area contributed by atoms with E-state index in [1.54, 1.807) is 34.2 Å². The standard InChI is InChI=1S/C24H25N5O4S.C23H27N5O3S/c30-24-26-23-19-3-1-2-16(19)5-7-20(23)17-8-10-25-21(13-17)33-18-6-4-15(12-18)14-29-11-9-22(27-29)34(31,32)28-24;24-23-19-3-1-2-16(19)5-7-20(23)17-8-10-26-21(13-17)31-18-6-4-15(12-18)14-28-11-9-22(27-28)32(25,29)30/h5,7-11,13,15,18H,1-4,6,12,14H2,(H2,26,28,30);5,7-11,13,15,18H,1-4,6,12,14,24H2,(H2,25,29,30). The molecule has 5 aliphatic rings. The SMILES string of the molecule is Nc1c(-c2ccnc(OC3CCC(Cn4ccc(S(N)(=O)=O)n4)C3)c2)ccc2c1CCC2.O=C1Nc2c(ccc3c2CCC3)-c2ccnc(c2)OC2CCC(C2)Cn2ccc(n2)S(=O)(=O)N1. The predicted octanol–water partition coefficient (Wildman–Crippen LogP) is 6.42. The van der Waals surface area contributed by atoms with E-state index in [1.807, 2.05) is 30.3 Å². The lowest BCUT2D eigenvalue weighted by Crippen LogP contribution is -2.35. The summed E-state index contributed by atoms with van der Waals surface area (Å²) in [5.74, 6) is 1.82. The summed E-state index contributed by atoms with van der Waals surface area (Å²) in [4.78, 5) is 21.7. The number of aryl methyl sites for hydroxylation is 2. The monoisotopic (exact) mass is 932 g/mol. The number of fused-ring (bicyclic) bond motifs is 11. The molecule has 1 aliphatic heterocycles. The van der Waals surface area contributed by atoms with Crippen molar-refractivity contribution in [3.8, 4) is 34.0 Å². The molecule has 11 rings (SSSR count). The van der Waals surface area contributed by atoms with E-state index < -0.39 is 26.1 Å². The van der Waals surface area contributed by atoms with E-state index in [4.69, 9.17) is 20.3 Å². The van der Waals surface area contributed by atoms with Crippen molar-refractivity contribution in [3.05, 3.63) is 108 Å². The van der Waals surface area contributed by atoms with E-state index in [1.165, 1.54) is 29.7 Å². The van der Waals surface area contributed by atoms with Crippen molar-refractivity contribution < 1.29 is 31.1 Å². The molecule has 4 aromatic heterocycles. The molecular formula is C47H52N10O7S2. The van der Waals surface area contributed by atoms with Gasteiger partial charge in [-0.2, -0.15) is 18.6 Å². The Kier molecular flexibility index (Phi) is 11.8. The maximum absolute atomic E-state index is 12.9. The molecule has 344 valence electrons. The molecule has 6 N–H and O–H groups in total. The number of rotatable bonds is 6. The first-order chi connectivity index (χ1) is 31.8. The van der Waals surface area contributed by atoms with Crippen LogP contribution < -0.4 is 30.4 Å². The topological polar surface area (TPSA) is 241 Å². The van der Waals surface area contributed by atoms with Crippen LogP contribution in [0.3, 0.4) is 0 Å². The minimum absolute atomic E-state index is 0.0445. The minimum atomic E-state index is -4.11. The Labute approximate surface area is 383 Å². The van der Waals surface area contributed by atoms with Gasteiger partial charge in [-0.3, -0.25) is 9.36 Å². The highest BCUT2D eigenvalue weighted by Crippen LogP contribution is 2.40. The van der Waals surface area contributed by atoms with E-state index in [0.29, 0.717) is 42.4 Å². The number of primary sulfonamides is 1. The quantitative estimate of drug-likeness (QED) is 0.132. The smallest absolute Gasteiger partial charge is 0.333 e. The number of aromatic nitrogens is 6. The minimum Gasteiger partial charge on any atom is -0.474 e. The Bertz CT molecular complexity index is 3040. The Morgan fingerprint density at radius 3 is 2.38 bits per heavy atom. The summed E-state index contributed by atoms with van der Waals surface area (Å²) >= 11 is 0. The number of sulfonamides is 2. The highest BCUT2D eigenvalue weighted by molar-refractivity contribution is 7.90. The first kappa shape index (κ1) is 43.6. The second-order valence-electron chi connectivity index (χ2n) is 18.0. The van der Waals surface area contributed by atoms with Crippen LogP contribution in [0, 0.1) is 11.8 Å². The van der Waals surface area contributed by atoms with Crippen LogP contribution in [-0.2, 0) is 58.8 Å². The molecule has 6 aromatic rings. The Morgan fingerprint density at radius 2 is 1.58 bits per heavy atom. The average Bonchev–Trinajstić information content (AvgIpc) is 4.14. The fourth-order valence-corrected chi connectivity index (χ4v) is 11.6. The third-order valence-corrected chi connectivity index (χ3v) is 15.4. The molecule has 2 aromatic carbocycles. The van der Waals surface area contributed by atoms with Crippen LogP contribution in [0.1, 0.15) is 73.6 Å². The number of nitrogens with two attached hydrogens (primary N) is 2. The number of nitrogen functional groups attached to an aromatic ring is 1. The first-order valence-corrected chi connectivity index (χ1v) is 25.6. The number of hydrogen-bond donors (Lipinski definition) is 4. The van der Waals surface area contributed by atoms with Crippen LogP contribution >= 0.6 is 0 Å². The fourth-order valence-electron chi connectivity index (χ4n) is 10.3. The van der Waals surface area contributed by atoms with Gasteiger partial charge in [0.1, 0.15) is 12.2 Å². The summed E-state index contributed by atoms with van der Waals surface area (Å²) in [6.07, 6.45) is 18.4. The van der Waals surface area contributed by atoms with E-state index in [9.17, 15) is 21.6 Å². The summed E-state index contributed by atoms with van der Waals surface area (Å²) in [6, 6.07) is 18.1. The van der Waals surface area contributed by atoms with E-state index in [2.05, 4.69) is 48.4 Å².